The zero-order valence-corrected chi connectivity index (χ0v) is 11.0. The van der Waals surface area contributed by atoms with Crippen molar-refractivity contribution in [3.63, 3.8) is 0 Å². The van der Waals surface area contributed by atoms with Crippen molar-refractivity contribution in [2.75, 3.05) is 6.61 Å². The number of ether oxygens (including phenoxy) is 2. The fraction of sp³-hybridized carbons (Fsp3) is 0.833. The van der Waals surface area contributed by atoms with E-state index in [0.29, 0.717) is 0 Å². The molecular weight excluding hydrogens is 288 g/mol. The Bertz CT molecular complexity index is 374. The molecule has 0 unspecified atom stereocenters. The first-order valence-corrected chi connectivity index (χ1v) is 6.55. The van der Waals surface area contributed by atoms with E-state index in [2.05, 4.69) is 0 Å². The van der Waals surface area contributed by atoms with Crippen molar-refractivity contribution in [3.8, 4) is 0 Å². The molecule has 1 aliphatic carbocycles. The smallest absolute Gasteiger partial charge is 0.187 e. The second-order valence-corrected chi connectivity index (χ2v) is 5.15. The van der Waals surface area contributed by atoms with Crippen LogP contribution in [0.2, 0.25) is 0 Å². The van der Waals surface area contributed by atoms with E-state index in [1.807, 2.05) is 0 Å². The van der Waals surface area contributed by atoms with Crippen molar-refractivity contribution in [2.24, 2.45) is 0 Å². The summed E-state index contributed by atoms with van der Waals surface area (Å²) in [6, 6.07) is 0. The molecule has 0 aromatic heterocycles. The molecule has 0 aromatic carbocycles. The summed E-state index contributed by atoms with van der Waals surface area (Å²) >= 11 is 0. The Morgan fingerprint density at radius 2 is 1.43 bits per heavy atom. The lowest BCUT2D eigenvalue weighted by Gasteiger charge is -2.42. The van der Waals surface area contributed by atoms with Crippen molar-refractivity contribution in [1.82, 2.24) is 0 Å². The van der Waals surface area contributed by atoms with Crippen LogP contribution in [0.3, 0.4) is 0 Å². The van der Waals surface area contributed by atoms with Gasteiger partial charge in [-0.15, -0.1) is 0 Å². The van der Waals surface area contributed by atoms with Gasteiger partial charge >= 0.3 is 0 Å². The van der Waals surface area contributed by atoms with E-state index >= 15 is 0 Å². The first-order chi connectivity index (χ1) is 9.86. The van der Waals surface area contributed by atoms with Gasteiger partial charge in [-0.25, -0.2) is 0 Å². The summed E-state index contributed by atoms with van der Waals surface area (Å²) in [4.78, 5) is 0. The lowest BCUT2D eigenvalue weighted by molar-refractivity contribution is -0.324. The number of rotatable bonds is 3. The number of aliphatic hydroxyl groups excluding tert-OH is 7. The van der Waals surface area contributed by atoms with Gasteiger partial charge in [-0.3, -0.25) is 0 Å². The quantitative estimate of drug-likeness (QED) is 0.257. The standard InChI is InChI=1S/C12H20O9/c13-3-6-8(17)9(18)10(19)12(20-6)21-11-5(15)2-1-4(14)7(11)16/h1-2,4-19H,3H2/t4-,5+,6+,7+,8+,9-,10+,11-,12-/m0/s1. The second-order valence-electron chi connectivity index (χ2n) is 5.15. The largest absolute Gasteiger partial charge is 0.394 e. The topological polar surface area (TPSA) is 160 Å². The van der Waals surface area contributed by atoms with E-state index in [0.717, 1.165) is 0 Å². The van der Waals surface area contributed by atoms with E-state index in [1.165, 1.54) is 12.2 Å². The molecule has 122 valence electrons. The highest BCUT2D eigenvalue weighted by Gasteiger charge is 2.47. The normalized spacial score (nSPS) is 51.1. The lowest BCUT2D eigenvalue weighted by atomic mass is 9.95. The second kappa shape index (κ2) is 6.65. The lowest BCUT2D eigenvalue weighted by Crippen LogP contribution is -2.61. The van der Waals surface area contributed by atoms with Crippen molar-refractivity contribution in [3.05, 3.63) is 12.2 Å². The highest BCUT2D eigenvalue weighted by atomic mass is 16.7. The first-order valence-electron chi connectivity index (χ1n) is 6.55. The van der Waals surface area contributed by atoms with Crippen LogP contribution >= 0.6 is 0 Å². The Morgan fingerprint density at radius 1 is 0.810 bits per heavy atom. The van der Waals surface area contributed by atoms with Crippen LogP contribution in [0, 0.1) is 0 Å². The molecule has 9 nitrogen and oxygen atoms in total. The van der Waals surface area contributed by atoms with Gasteiger partial charge in [-0.05, 0) is 0 Å². The van der Waals surface area contributed by atoms with Gasteiger partial charge in [0.25, 0.3) is 0 Å². The molecular formula is C12H20O9. The van der Waals surface area contributed by atoms with E-state index < -0.39 is 61.7 Å². The van der Waals surface area contributed by atoms with E-state index in [-0.39, 0.29) is 0 Å². The van der Waals surface area contributed by atoms with Crippen LogP contribution in [-0.4, -0.2) is 97.5 Å². The minimum atomic E-state index is -1.65. The Kier molecular flexibility index (Phi) is 5.30. The van der Waals surface area contributed by atoms with Gasteiger partial charge in [0.05, 0.1) is 6.61 Å². The number of aliphatic hydroxyl groups is 7. The predicted octanol–water partition coefficient (Wildman–Crippen LogP) is -4.18. The third-order valence-corrected chi connectivity index (χ3v) is 3.67. The summed E-state index contributed by atoms with van der Waals surface area (Å²) < 4.78 is 10.3. The Labute approximate surface area is 120 Å². The number of hydrogen-bond acceptors (Lipinski definition) is 9. The highest BCUT2D eigenvalue weighted by Crippen LogP contribution is 2.26. The summed E-state index contributed by atoms with van der Waals surface area (Å²) in [5.74, 6) is 0. The van der Waals surface area contributed by atoms with Gasteiger partial charge in [0.1, 0.15) is 48.8 Å². The van der Waals surface area contributed by atoms with Gasteiger partial charge in [0.2, 0.25) is 0 Å². The summed E-state index contributed by atoms with van der Waals surface area (Å²) in [6.07, 6.45) is -10.3. The molecule has 1 saturated heterocycles. The molecule has 9 heteroatoms. The van der Waals surface area contributed by atoms with Crippen LogP contribution < -0.4 is 0 Å². The fourth-order valence-electron chi connectivity index (χ4n) is 2.34. The summed E-state index contributed by atoms with van der Waals surface area (Å²) in [6.45, 7) is -0.622. The molecule has 0 bridgehead atoms. The zero-order valence-electron chi connectivity index (χ0n) is 11.0. The van der Waals surface area contributed by atoms with Crippen molar-refractivity contribution in [2.45, 2.75) is 55.1 Å². The highest BCUT2D eigenvalue weighted by molar-refractivity contribution is 5.08. The molecule has 0 saturated carbocycles. The molecule has 0 radical (unpaired) electrons. The molecule has 0 aromatic rings. The third-order valence-electron chi connectivity index (χ3n) is 3.67. The third kappa shape index (κ3) is 3.26. The Morgan fingerprint density at radius 3 is 2.05 bits per heavy atom. The van der Waals surface area contributed by atoms with Crippen LogP contribution in [0.15, 0.2) is 12.2 Å². The van der Waals surface area contributed by atoms with Crippen molar-refractivity contribution < 1.29 is 45.2 Å². The van der Waals surface area contributed by atoms with Crippen molar-refractivity contribution in [1.29, 1.82) is 0 Å². The number of hydrogen-bond donors (Lipinski definition) is 7. The molecule has 1 heterocycles. The van der Waals surface area contributed by atoms with Crippen LogP contribution in [-0.2, 0) is 9.47 Å². The Balaban J connectivity index is 2.09. The van der Waals surface area contributed by atoms with Gasteiger partial charge < -0.3 is 45.2 Å². The molecule has 0 amide bonds. The molecule has 0 spiro atoms. The molecule has 1 aliphatic heterocycles. The average molecular weight is 308 g/mol. The average Bonchev–Trinajstić information content (AvgIpc) is 2.47. The van der Waals surface area contributed by atoms with Gasteiger partial charge in [-0.2, -0.15) is 0 Å². The van der Waals surface area contributed by atoms with Gasteiger partial charge in [-0.1, -0.05) is 12.2 Å². The monoisotopic (exact) mass is 308 g/mol. The molecule has 21 heavy (non-hydrogen) atoms. The van der Waals surface area contributed by atoms with Crippen LogP contribution in [0.1, 0.15) is 0 Å². The van der Waals surface area contributed by atoms with Crippen LogP contribution in [0.25, 0.3) is 0 Å². The van der Waals surface area contributed by atoms with Gasteiger partial charge in [0, 0.05) is 0 Å². The van der Waals surface area contributed by atoms with Gasteiger partial charge in [0.15, 0.2) is 6.29 Å². The molecule has 2 rings (SSSR count). The predicted molar refractivity (Wildman–Crippen MR) is 65.8 cm³/mol. The van der Waals surface area contributed by atoms with E-state index in [1.54, 1.807) is 0 Å². The Hall–Kier alpha value is -0.620. The van der Waals surface area contributed by atoms with E-state index in [9.17, 15) is 30.6 Å². The SMILES string of the molecule is OC[C@H]1O[C@@H](O[C@@H]2[C@H](O)[C@@H](O)C=C[C@H]2O)[C@H](O)[C@@H](O)[C@@H]1O. The molecule has 7 N–H and O–H groups in total. The minimum absolute atomic E-state index is 0.622. The maximum absolute atomic E-state index is 9.80. The first kappa shape index (κ1) is 16.7. The van der Waals surface area contributed by atoms with Crippen LogP contribution in [0.5, 0.6) is 0 Å². The zero-order chi connectivity index (χ0) is 15.7. The molecule has 9 atom stereocenters. The van der Waals surface area contributed by atoms with Crippen LogP contribution in [0.4, 0.5) is 0 Å². The van der Waals surface area contributed by atoms with Crippen molar-refractivity contribution >= 4 is 0 Å². The maximum Gasteiger partial charge on any atom is 0.187 e. The van der Waals surface area contributed by atoms with E-state index in [4.69, 9.17) is 14.6 Å². The fourth-order valence-corrected chi connectivity index (χ4v) is 2.34. The minimum Gasteiger partial charge on any atom is -0.394 e. The summed E-state index contributed by atoms with van der Waals surface area (Å²) in [7, 11) is 0. The summed E-state index contributed by atoms with van der Waals surface area (Å²) in [5, 5.41) is 67.1. The maximum atomic E-state index is 9.80. The molecule has 1 fully saturated rings. The summed E-state index contributed by atoms with van der Waals surface area (Å²) in [5.41, 5.74) is 0. The molecule has 2 aliphatic rings.